The number of ether oxygens (including phenoxy) is 1. The van der Waals surface area contributed by atoms with Crippen LogP contribution in [-0.4, -0.2) is 59.8 Å². The molecule has 1 rings (SSSR count). The Morgan fingerprint density at radius 3 is 2.50 bits per heavy atom. The molecular weight excluding hydrogens is 236 g/mol. The highest BCUT2D eigenvalue weighted by Gasteiger charge is 2.34. The third-order valence-corrected chi connectivity index (χ3v) is 3.29. The molecule has 0 aromatic carbocycles. The average molecular weight is 258 g/mol. The van der Waals surface area contributed by atoms with E-state index in [1.165, 1.54) is 4.90 Å². The number of rotatable bonds is 7. The first kappa shape index (κ1) is 14.9. The van der Waals surface area contributed by atoms with Crippen LogP contribution in [0.2, 0.25) is 0 Å². The van der Waals surface area contributed by atoms with Crippen LogP contribution < -0.4 is 5.32 Å². The van der Waals surface area contributed by atoms with Crippen LogP contribution in [0.25, 0.3) is 0 Å². The lowest BCUT2D eigenvalue weighted by Crippen LogP contribution is -2.60. The van der Waals surface area contributed by atoms with Gasteiger partial charge in [0, 0.05) is 19.1 Å². The maximum absolute atomic E-state index is 12.0. The van der Waals surface area contributed by atoms with Crippen LogP contribution in [0.3, 0.4) is 0 Å². The molecule has 18 heavy (non-hydrogen) atoms. The fourth-order valence-corrected chi connectivity index (χ4v) is 1.75. The summed E-state index contributed by atoms with van der Waals surface area (Å²) in [5.74, 6) is -1.26. The van der Waals surface area contributed by atoms with Crippen molar-refractivity contribution >= 4 is 11.9 Å². The summed E-state index contributed by atoms with van der Waals surface area (Å²) in [4.78, 5) is 24.1. The van der Waals surface area contributed by atoms with E-state index in [-0.39, 0.29) is 30.7 Å². The van der Waals surface area contributed by atoms with Crippen molar-refractivity contribution in [3.63, 3.8) is 0 Å². The molecular formula is C12H22N2O4. The van der Waals surface area contributed by atoms with Crippen molar-refractivity contribution in [2.45, 2.75) is 38.8 Å². The van der Waals surface area contributed by atoms with Crippen molar-refractivity contribution in [3.05, 3.63) is 0 Å². The summed E-state index contributed by atoms with van der Waals surface area (Å²) >= 11 is 0. The average Bonchev–Trinajstić information content (AvgIpc) is 2.29. The molecule has 0 radical (unpaired) electrons. The Morgan fingerprint density at radius 1 is 1.50 bits per heavy atom. The van der Waals surface area contributed by atoms with Crippen molar-refractivity contribution in [3.8, 4) is 0 Å². The molecule has 0 bridgehead atoms. The van der Waals surface area contributed by atoms with E-state index in [9.17, 15) is 9.59 Å². The number of amides is 1. The van der Waals surface area contributed by atoms with E-state index in [4.69, 9.17) is 9.84 Å². The Bertz CT molecular complexity index is 315. The van der Waals surface area contributed by atoms with Gasteiger partial charge in [-0.2, -0.15) is 0 Å². The number of carbonyl (C=O) groups is 2. The normalized spacial score (nSPS) is 18.8. The fraction of sp³-hybridized carbons (Fsp3) is 0.833. The zero-order valence-electron chi connectivity index (χ0n) is 11.2. The van der Waals surface area contributed by atoms with Gasteiger partial charge in [-0.3, -0.25) is 9.59 Å². The zero-order valence-corrected chi connectivity index (χ0v) is 11.2. The smallest absolute Gasteiger partial charge is 0.323 e. The van der Waals surface area contributed by atoms with Gasteiger partial charge in [0.1, 0.15) is 13.2 Å². The number of carbonyl (C=O) groups excluding carboxylic acids is 1. The standard InChI is InChI=1S/C12H22N2O4/c1-4-9(2)14(5-11(16)17)10(15)6-18-12(3)7-13-8-12/h9,13H,4-8H2,1-3H3,(H,16,17). The number of hydrogen-bond donors (Lipinski definition) is 2. The fourth-order valence-electron chi connectivity index (χ4n) is 1.75. The number of nitrogens with zero attached hydrogens (tertiary/aromatic N) is 1. The lowest BCUT2D eigenvalue weighted by atomic mass is 10.0. The van der Waals surface area contributed by atoms with Gasteiger partial charge in [0.2, 0.25) is 5.91 Å². The molecule has 1 amide bonds. The van der Waals surface area contributed by atoms with Crippen molar-refractivity contribution < 1.29 is 19.4 Å². The first-order chi connectivity index (χ1) is 8.38. The molecule has 6 heteroatoms. The largest absolute Gasteiger partial charge is 0.480 e. The highest BCUT2D eigenvalue weighted by molar-refractivity contribution is 5.82. The lowest BCUT2D eigenvalue weighted by Gasteiger charge is -2.39. The molecule has 104 valence electrons. The first-order valence-electron chi connectivity index (χ1n) is 6.24. The van der Waals surface area contributed by atoms with Gasteiger partial charge in [-0.1, -0.05) is 6.92 Å². The van der Waals surface area contributed by atoms with Gasteiger partial charge in [-0.25, -0.2) is 0 Å². The maximum atomic E-state index is 12.0. The van der Waals surface area contributed by atoms with Gasteiger partial charge in [-0.05, 0) is 20.3 Å². The number of hydrogen-bond acceptors (Lipinski definition) is 4. The molecule has 1 aliphatic rings. The third-order valence-electron chi connectivity index (χ3n) is 3.29. The number of nitrogens with one attached hydrogen (secondary N) is 1. The molecule has 6 nitrogen and oxygen atoms in total. The number of aliphatic carboxylic acids is 1. The summed E-state index contributed by atoms with van der Waals surface area (Å²) in [5.41, 5.74) is -0.292. The number of carboxylic acid groups (broad SMARTS) is 1. The molecule has 0 aromatic heterocycles. The van der Waals surface area contributed by atoms with Gasteiger partial charge >= 0.3 is 5.97 Å². The summed E-state index contributed by atoms with van der Waals surface area (Å²) in [6.07, 6.45) is 0.720. The zero-order chi connectivity index (χ0) is 13.8. The van der Waals surface area contributed by atoms with E-state index >= 15 is 0 Å². The topological polar surface area (TPSA) is 78.9 Å². The van der Waals surface area contributed by atoms with E-state index in [1.807, 2.05) is 20.8 Å². The Labute approximate surface area is 107 Å². The molecule has 1 atom stereocenters. The first-order valence-corrected chi connectivity index (χ1v) is 6.24. The quantitative estimate of drug-likeness (QED) is 0.676. The van der Waals surface area contributed by atoms with Crippen LogP contribution >= 0.6 is 0 Å². The molecule has 0 aliphatic carbocycles. The van der Waals surface area contributed by atoms with Crippen molar-refractivity contribution in [1.29, 1.82) is 0 Å². The third kappa shape index (κ3) is 3.96. The summed E-state index contributed by atoms with van der Waals surface area (Å²) in [6, 6.07) is -0.0930. The minimum Gasteiger partial charge on any atom is -0.480 e. The van der Waals surface area contributed by atoms with E-state index < -0.39 is 5.97 Å². The molecule has 2 N–H and O–H groups in total. The Kier molecular flexibility index (Phi) is 5.10. The second-order valence-electron chi connectivity index (χ2n) is 5.01. The molecule has 1 saturated heterocycles. The lowest BCUT2D eigenvalue weighted by molar-refractivity contribution is -0.153. The molecule has 1 fully saturated rings. The van der Waals surface area contributed by atoms with Crippen molar-refractivity contribution in [2.24, 2.45) is 0 Å². The summed E-state index contributed by atoms with van der Waals surface area (Å²) in [5, 5.41) is 11.9. The van der Waals surface area contributed by atoms with Crippen LogP contribution in [0.1, 0.15) is 27.2 Å². The SMILES string of the molecule is CCC(C)N(CC(=O)O)C(=O)COC1(C)CNC1. The Morgan fingerprint density at radius 2 is 2.11 bits per heavy atom. The highest BCUT2D eigenvalue weighted by atomic mass is 16.5. The minimum atomic E-state index is -1.000. The van der Waals surface area contributed by atoms with Crippen LogP contribution in [-0.2, 0) is 14.3 Å². The van der Waals surface area contributed by atoms with Crippen LogP contribution in [0.15, 0.2) is 0 Å². The predicted molar refractivity (Wildman–Crippen MR) is 66.3 cm³/mol. The Hall–Kier alpha value is -1.14. The number of carboxylic acids is 1. The minimum absolute atomic E-state index is 0.0597. The van der Waals surface area contributed by atoms with Gasteiger partial charge < -0.3 is 20.1 Å². The highest BCUT2D eigenvalue weighted by Crippen LogP contribution is 2.15. The molecule has 0 spiro atoms. The summed E-state index contributed by atoms with van der Waals surface area (Å²) in [7, 11) is 0. The molecule has 0 saturated carbocycles. The van der Waals surface area contributed by atoms with Crippen LogP contribution in [0.5, 0.6) is 0 Å². The van der Waals surface area contributed by atoms with Crippen LogP contribution in [0.4, 0.5) is 0 Å². The van der Waals surface area contributed by atoms with E-state index in [0.717, 1.165) is 19.5 Å². The van der Waals surface area contributed by atoms with Gasteiger partial charge in [0.15, 0.2) is 0 Å². The van der Waals surface area contributed by atoms with E-state index in [2.05, 4.69) is 5.32 Å². The van der Waals surface area contributed by atoms with E-state index in [1.54, 1.807) is 0 Å². The van der Waals surface area contributed by atoms with E-state index in [0.29, 0.717) is 0 Å². The molecule has 1 aliphatic heterocycles. The molecule has 0 aromatic rings. The second kappa shape index (κ2) is 6.15. The molecule has 1 unspecified atom stereocenters. The van der Waals surface area contributed by atoms with Crippen LogP contribution in [0, 0.1) is 0 Å². The Balaban J connectivity index is 2.50. The summed E-state index contributed by atoms with van der Waals surface area (Å²) < 4.78 is 5.54. The van der Waals surface area contributed by atoms with Crippen molar-refractivity contribution in [1.82, 2.24) is 10.2 Å². The van der Waals surface area contributed by atoms with Crippen molar-refractivity contribution in [2.75, 3.05) is 26.2 Å². The second-order valence-corrected chi connectivity index (χ2v) is 5.01. The van der Waals surface area contributed by atoms with Gasteiger partial charge in [0.05, 0.1) is 5.60 Å². The monoisotopic (exact) mass is 258 g/mol. The summed E-state index contributed by atoms with van der Waals surface area (Å²) in [6.45, 7) is 6.81. The van der Waals surface area contributed by atoms with Gasteiger partial charge in [-0.15, -0.1) is 0 Å². The molecule has 1 heterocycles. The predicted octanol–water partition coefficient (Wildman–Crippen LogP) is 0.0766. The van der Waals surface area contributed by atoms with Gasteiger partial charge in [0.25, 0.3) is 0 Å². The maximum Gasteiger partial charge on any atom is 0.323 e.